The molecule has 1 unspecified atom stereocenters. The summed E-state index contributed by atoms with van der Waals surface area (Å²) in [5.41, 5.74) is 0.675. The van der Waals surface area contributed by atoms with E-state index in [1.165, 1.54) is 4.90 Å². The highest BCUT2D eigenvalue weighted by Gasteiger charge is 2.57. The fraction of sp³-hybridized carbons (Fsp3) is 0.571. The summed E-state index contributed by atoms with van der Waals surface area (Å²) in [5, 5.41) is 21.8. The number of carboxylic acid groups (broad SMARTS) is 1. The van der Waals surface area contributed by atoms with Crippen LogP contribution in [0.15, 0.2) is 54.6 Å². The monoisotopic (exact) mass is 588 g/mol. The van der Waals surface area contributed by atoms with E-state index in [0.717, 1.165) is 24.8 Å². The van der Waals surface area contributed by atoms with Gasteiger partial charge in [-0.25, -0.2) is 4.79 Å². The Bertz CT molecular complexity index is 1360. The minimum atomic E-state index is -1.03. The van der Waals surface area contributed by atoms with Crippen LogP contribution in [0.3, 0.4) is 0 Å². The van der Waals surface area contributed by atoms with Crippen LogP contribution in [0.5, 0.6) is 0 Å². The lowest BCUT2D eigenvalue weighted by Gasteiger charge is -2.49. The molecule has 2 N–H and O–H groups in total. The summed E-state index contributed by atoms with van der Waals surface area (Å²) in [6.45, 7) is 7.27. The second-order valence-corrected chi connectivity index (χ2v) is 14.3. The van der Waals surface area contributed by atoms with E-state index in [9.17, 15) is 24.6 Å². The molecule has 2 amide bonds. The number of aliphatic hydroxyl groups is 1. The molecule has 8 nitrogen and oxygen atoms in total. The summed E-state index contributed by atoms with van der Waals surface area (Å²) in [7, 11) is 0. The van der Waals surface area contributed by atoms with Gasteiger partial charge in [-0.2, -0.15) is 0 Å². The van der Waals surface area contributed by atoms with Crippen molar-refractivity contribution in [1.82, 2.24) is 9.80 Å². The van der Waals surface area contributed by atoms with Gasteiger partial charge in [0.1, 0.15) is 6.10 Å². The normalized spacial score (nSPS) is 27.8. The van der Waals surface area contributed by atoms with Crippen LogP contribution < -0.4 is 0 Å². The first kappa shape index (κ1) is 29.7. The molecule has 3 heterocycles. The van der Waals surface area contributed by atoms with Crippen molar-refractivity contribution in [2.24, 2.45) is 16.7 Å². The minimum Gasteiger partial charge on any atom is -0.465 e. The lowest BCUT2D eigenvalue weighted by Crippen LogP contribution is -2.59. The zero-order valence-electron chi connectivity index (χ0n) is 25.5. The summed E-state index contributed by atoms with van der Waals surface area (Å²) < 4.78 is 5.73. The first-order valence-electron chi connectivity index (χ1n) is 15.8. The van der Waals surface area contributed by atoms with E-state index < -0.39 is 34.6 Å². The van der Waals surface area contributed by atoms with Crippen LogP contribution in [-0.2, 0) is 16.0 Å². The number of nitrogens with zero attached hydrogens (tertiary/aromatic N) is 2. The van der Waals surface area contributed by atoms with Crippen molar-refractivity contribution < 1.29 is 29.3 Å². The maximum Gasteiger partial charge on any atom is 0.408 e. The zero-order valence-corrected chi connectivity index (χ0v) is 25.5. The fourth-order valence-electron chi connectivity index (χ4n) is 7.96. The third-order valence-corrected chi connectivity index (χ3v) is 10.9. The first-order chi connectivity index (χ1) is 20.4. The molecule has 43 heavy (non-hydrogen) atoms. The van der Waals surface area contributed by atoms with E-state index >= 15 is 0 Å². The van der Waals surface area contributed by atoms with Gasteiger partial charge >= 0.3 is 12.1 Å². The topological polar surface area (TPSA) is 107 Å². The number of cyclic esters (lactones) is 1. The molecule has 2 aromatic rings. The molecule has 3 aliphatic heterocycles. The quantitative estimate of drug-likeness (QED) is 0.411. The Kier molecular flexibility index (Phi) is 7.56. The van der Waals surface area contributed by atoms with Gasteiger partial charge in [0.2, 0.25) is 0 Å². The molecule has 0 aromatic heterocycles. The first-order valence-corrected chi connectivity index (χ1v) is 15.8. The number of likely N-dealkylation sites (tertiary alicyclic amines) is 2. The van der Waals surface area contributed by atoms with Crippen molar-refractivity contribution in [3.63, 3.8) is 0 Å². The highest BCUT2D eigenvalue weighted by Crippen LogP contribution is 2.51. The molecular formula is C35H44N2O6. The Balaban J connectivity index is 1.16. The maximum absolute atomic E-state index is 13.4. The molecule has 230 valence electrons. The number of esters is 1. The van der Waals surface area contributed by atoms with Gasteiger partial charge in [0.25, 0.3) is 5.91 Å². The van der Waals surface area contributed by atoms with E-state index in [2.05, 4.69) is 20.8 Å². The lowest BCUT2D eigenvalue weighted by molar-refractivity contribution is -0.151. The van der Waals surface area contributed by atoms with Gasteiger partial charge in [0.15, 0.2) is 0 Å². The molecule has 1 aliphatic carbocycles. The largest absolute Gasteiger partial charge is 0.465 e. The van der Waals surface area contributed by atoms with Gasteiger partial charge < -0.3 is 19.8 Å². The molecule has 1 saturated carbocycles. The fourth-order valence-corrected chi connectivity index (χ4v) is 7.96. The number of carbonyl (C=O) groups is 3. The SMILES string of the molecule is CC(C)(C)[C@@]1(Cc2ccc(C(=O)N3CCC4(CC3)CC(C3CC3)OC4=O)cc2)CC[C@H]([C@H](O)c2ccccc2)N1C(=O)O. The molecular weight excluding hydrogens is 544 g/mol. The molecule has 6 rings (SSSR count). The maximum atomic E-state index is 13.4. The number of carbonyl (C=O) groups excluding carboxylic acids is 2. The second-order valence-electron chi connectivity index (χ2n) is 14.3. The molecule has 3 saturated heterocycles. The number of hydrogen-bond acceptors (Lipinski definition) is 5. The standard InChI is InChI=1S/C35H44N2O6/c1-33(2,3)35(16-15-27(37(35)32(41)42)29(38)25-7-5-4-6-8-25)21-23-9-11-26(12-10-23)30(39)36-19-17-34(18-20-36)22-28(24-13-14-24)43-31(34)40/h4-12,24,27-29,38H,13-22H2,1-3H3,(H,41,42)/t27-,28?,29-,35+/m1/s1. The van der Waals surface area contributed by atoms with Crippen LogP contribution in [0.2, 0.25) is 0 Å². The zero-order chi connectivity index (χ0) is 30.6. The van der Waals surface area contributed by atoms with Crippen LogP contribution in [0, 0.1) is 16.7 Å². The number of ether oxygens (including phenoxy) is 1. The summed E-state index contributed by atoms with van der Waals surface area (Å²) in [4.78, 5) is 42.3. The molecule has 4 aliphatic rings. The second kappa shape index (κ2) is 11.0. The van der Waals surface area contributed by atoms with E-state index in [0.29, 0.717) is 62.2 Å². The van der Waals surface area contributed by atoms with Gasteiger partial charge in [-0.1, -0.05) is 63.2 Å². The molecule has 4 fully saturated rings. The highest BCUT2D eigenvalue weighted by atomic mass is 16.6. The highest BCUT2D eigenvalue weighted by molar-refractivity contribution is 5.94. The summed E-state index contributed by atoms with van der Waals surface area (Å²) in [5.74, 6) is 0.413. The predicted molar refractivity (Wildman–Crippen MR) is 161 cm³/mol. The Labute approximate surface area is 254 Å². The number of hydrogen-bond donors (Lipinski definition) is 2. The number of rotatable bonds is 6. The van der Waals surface area contributed by atoms with Crippen molar-refractivity contribution in [3.05, 3.63) is 71.3 Å². The molecule has 8 heteroatoms. The number of aliphatic hydroxyl groups excluding tert-OH is 1. The summed E-state index contributed by atoms with van der Waals surface area (Å²) in [6.07, 6.45) is 4.15. The van der Waals surface area contributed by atoms with E-state index in [1.807, 2.05) is 59.5 Å². The predicted octanol–water partition coefficient (Wildman–Crippen LogP) is 5.84. The van der Waals surface area contributed by atoms with Crippen molar-refractivity contribution in [2.45, 2.75) is 95.9 Å². The molecule has 0 bridgehead atoms. The van der Waals surface area contributed by atoms with E-state index in [-0.39, 0.29) is 18.0 Å². The average Bonchev–Trinajstić information content (AvgIpc) is 3.69. The van der Waals surface area contributed by atoms with Crippen LogP contribution in [0.4, 0.5) is 4.79 Å². The molecule has 4 atom stereocenters. The Morgan fingerprint density at radius 1 is 0.977 bits per heavy atom. The minimum absolute atomic E-state index is 0.0453. The number of piperidine rings is 1. The van der Waals surface area contributed by atoms with Crippen molar-refractivity contribution in [2.75, 3.05) is 13.1 Å². The summed E-state index contributed by atoms with van der Waals surface area (Å²) in [6, 6.07) is 16.2. The smallest absolute Gasteiger partial charge is 0.408 e. The Morgan fingerprint density at radius 2 is 1.63 bits per heavy atom. The van der Waals surface area contributed by atoms with Crippen molar-refractivity contribution >= 4 is 18.0 Å². The van der Waals surface area contributed by atoms with Crippen LogP contribution in [0.25, 0.3) is 0 Å². The molecule has 1 spiro atoms. The van der Waals surface area contributed by atoms with E-state index in [1.54, 1.807) is 0 Å². The van der Waals surface area contributed by atoms with Gasteiger partial charge in [-0.3, -0.25) is 14.5 Å². The van der Waals surface area contributed by atoms with E-state index in [4.69, 9.17) is 4.74 Å². The Morgan fingerprint density at radius 3 is 2.21 bits per heavy atom. The average molecular weight is 589 g/mol. The van der Waals surface area contributed by atoms with Gasteiger partial charge in [-0.05, 0) is 79.5 Å². The van der Waals surface area contributed by atoms with Crippen molar-refractivity contribution in [1.29, 1.82) is 0 Å². The van der Waals surface area contributed by atoms with Crippen LogP contribution >= 0.6 is 0 Å². The molecule has 0 radical (unpaired) electrons. The van der Waals surface area contributed by atoms with Gasteiger partial charge in [0, 0.05) is 25.1 Å². The van der Waals surface area contributed by atoms with Crippen LogP contribution in [-0.4, -0.2) is 68.8 Å². The molecule has 2 aromatic carbocycles. The third-order valence-electron chi connectivity index (χ3n) is 10.9. The van der Waals surface area contributed by atoms with Crippen LogP contribution in [0.1, 0.15) is 93.3 Å². The Hall–Kier alpha value is -3.39. The lowest BCUT2D eigenvalue weighted by atomic mass is 9.68. The third kappa shape index (κ3) is 5.32. The summed E-state index contributed by atoms with van der Waals surface area (Å²) >= 11 is 0. The van der Waals surface area contributed by atoms with Gasteiger partial charge in [0.05, 0.1) is 23.1 Å². The number of amides is 2. The van der Waals surface area contributed by atoms with Crippen molar-refractivity contribution in [3.8, 4) is 0 Å². The number of benzene rings is 2. The van der Waals surface area contributed by atoms with Gasteiger partial charge in [-0.15, -0.1) is 0 Å².